The Labute approximate surface area is 188 Å². The first kappa shape index (κ1) is 22.4. The van der Waals surface area contributed by atoms with Crippen molar-refractivity contribution < 1.29 is 0 Å². The van der Waals surface area contributed by atoms with Crippen molar-refractivity contribution in [3.8, 4) is 19.5 Å². The van der Waals surface area contributed by atoms with Gasteiger partial charge in [0.05, 0.1) is 21.1 Å². The number of nitrogen functional groups attached to an aromatic ring is 2. The molecule has 3 aromatic heterocycles. The predicted octanol–water partition coefficient (Wildman–Crippen LogP) is 8.62. The van der Waals surface area contributed by atoms with Crippen LogP contribution in [0.15, 0.2) is 22.9 Å². The van der Waals surface area contributed by atoms with Crippen LogP contribution in [0.1, 0.15) is 76.3 Å². The van der Waals surface area contributed by atoms with E-state index in [0.29, 0.717) is 0 Å². The Kier molecular flexibility index (Phi) is 8.64. The molecule has 3 aromatic rings. The van der Waals surface area contributed by atoms with Gasteiger partial charge in [-0.25, -0.2) is 0 Å². The normalized spacial score (nSPS) is 11.4. The molecule has 29 heavy (non-hydrogen) atoms. The lowest BCUT2D eigenvalue weighted by Gasteiger charge is -2.03. The van der Waals surface area contributed by atoms with Gasteiger partial charge in [0.15, 0.2) is 0 Å². The van der Waals surface area contributed by atoms with Crippen LogP contribution in [0.4, 0.5) is 11.4 Å². The number of aryl methyl sites for hydroxylation is 2. The van der Waals surface area contributed by atoms with Crippen LogP contribution in [0.3, 0.4) is 0 Å². The zero-order valence-electron chi connectivity index (χ0n) is 17.8. The first-order chi connectivity index (χ1) is 14.2. The van der Waals surface area contributed by atoms with E-state index in [-0.39, 0.29) is 0 Å². The molecule has 0 radical (unpaired) electrons. The van der Waals surface area contributed by atoms with Crippen LogP contribution in [0.25, 0.3) is 19.5 Å². The number of anilines is 2. The van der Waals surface area contributed by atoms with Crippen molar-refractivity contribution in [2.75, 3.05) is 11.5 Å². The molecular formula is C24H34N2S3. The Morgan fingerprint density at radius 3 is 1.48 bits per heavy atom. The molecule has 0 saturated heterocycles. The molecule has 0 atom stereocenters. The van der Waals surface area contributed by atoms with Gasteiger partial charge in [0.2, 0.25) is 0 Å². The fraction of sp³-hybridized carbons (Fsp3) is 0.500. The van der Waals surface area contributed by atoms with Gasteiger partial charge in [0.25, 0.3) is 0 Å². The lowest BCUT2D eigenvalue weighted by molar-refractivity contribution is 0.668. The minimum Gasteiger partial charge on any atom is -0.396 e. The monoisotopic (exact) mass is 446 g/mol. The molecule has 5 heteroatoms. The minimum atomic E-state index is 0.771. The summed E-state index contributed by atoms with van der Waals surface area (Å²) in [6.07, 6.45) is 12.5. The highest BCUT2D eigenvalue weighted by atomic mass is 32.1. The van der Waals surface area contributed by atoms with Crippen LogP contribution in [-0.4, -0.2) is 0 Å². The molecular weight excluding hydrogens is 412 g/mol. The van der Waals surface area contributed by atoms with Gasteiger partial charge in [-0.2, -0.15) is 0 Å². The zero-order chi connectivity index (χ0) is 20.6. The fourth-order valence-corrected chi connectivity index (χ4v) is 7.19. The SMILES string of the molecule is CCCCCCc1ccsc1-c1sc(-c2sccc2CCCCCC)c(N)c1N. The van der Waals surface area contributed by atoms with Crippen molar-refractivity contribution in [1.29, 1.82) is 0 Å². The molecule has 3 heterocycles. The third kappa shape index (κ3) is 5.44. The quantitative estimate of drug-likeness (QED) is 0.274. The van der Waals surface area contributed by atoms with Crippen LogP contribution < -0.4 is 11.5 Å². The van der Waals surface area contributed by atoms with Crippen molar-refractivity contribution in [2.45, 2.75) is 78.1 Å². The van der Waals surface area contributed by atoms with E-state index in [4.69, 9.17) is 11.5 Å². The van der Waals surface area contributed by atoms with Crippen molar-refractivity contribution in [1.82, 2.24) is 0 Å². The molecule has 0 aliphatic rings. The van der Waals surface area contributed by atoms with E-state index in [0.717, 1.165) is 24.2 Å². The minimum absolute atomic E-state index is 0.771. The lowest BCUT2D eigenvalue weighted by atomic mass is 10.1. The number of hydrogen-bond acceptors (Lipinski definition) is 5. The number of nitrogens with two attached hydrogens (primary N) is 2. The van der Waals surface area contributed by atoms with E-state index in [1.807, 2.05) is 0 Å². The zero-order valence-corrected chi connectivity index (χ0v) is 20.2. The smallest absolute Gasteiger partial charge is 0.0752 e. The second-order valence-corrected chi connectivity index (χ2v) is 10.6. The average Bonchev–Trinajstić information content (AvgIpc) is 3.43. The Bertz CT molecular complexity index is 817. The van der Waals surface area contributed by atoms with Gasteiger partial charge in [-0.1, -0.05) is 52.4 Å². The Morgan fingerprint density at radius 2 is 1.07 bits per heavy atom. The summed E-state index contributed by atoms with van der Waals surface area (Å²) in [5, 5.41) is 4.40. The van der Waals surface area contributed by atoms with E-state index >= 15 is 0 Å². The summed E-state index contributed by atoms with van der Waals surface area (Å²) >= 11 is 5.39. The van der Waals surface area contributed by atoms with E-state index in [9.17, 15) is 0 Å². The maximum atomic E-state index is 6.53. The number of unbranched alkanes of at least 4 members (excludes halogenated alkanes) is 6. The molecule has 0 amide bonds. The first-order valence-corrected chi connectivity index (χ1v) is 13.6. The van der Waals surface area contributed by atoms with Gasteiger partial charge in [-0.05, 0) is 59.7 Å². The van der Waals surface area contributed by atoms with Crippen LogP contribution >= 0.6 is 34.0 Å². The molecule has 0 bridgehead atoms. The van der Waals surface area contributed by atoms with E-state index < -0.39 is 0 Å². The van der Waals surface area contributed by atoms with Gasteiger partial charge < -0.3 is 11.5 Å². The van der Waals surface area contributed by atoms with E-state index in [1.165, 1.54) is 82.0 Å². The number of hydrogen-bond donors (Lipinski definition) is 2. The van der Waals surface area contributed by atoms with Gasteiger partial charge in [0.1, 0.15) is 0 Å². The molecule has 0 spiro atoms. The summed E-state index contributed by atoms with van der Waals surface area (Å²) in [7, 11) is 0. The molecule has 0 aliphatic heterocycles. The van der Waals surface area contributed by atoms with E-state index in [2.05, 4.69) is 36.7 Å². The standard InChI is InChI=1S/C24H34N2S3/c1-3-5-7-9-11-17-13-15-27-21(17)23-19(25)20(26)24(29-23)22-18(14-16-28-22)12-10-8-6-4-2/h13-16H,3-12,25-26H2,1-2H3. The van der Waals surface area contributed by atoms with E-state index in [1.54, 1.807) is 34.0 Å². The van der Waals surface area contributed by atoms with Gasteiger partial charge in [-0.15, -0.1) is 34.0 Å². The number of rotatable bonds is 12. The van der Waals surface area contributed by atoms with Crippen molar-refractivity contribution in [2.24, 2.45) is 0 Å². The van der Waals surface area contributed by atoms with Crippen molar-refractivity contribution >= 4 is 45.4 Å². The molecule has 2 nitrogen and oxygen atoms in total. The second-order valence-electron chi connectivity index (χ2n) is 7.76. The van der Waals surface area contributed by atoms with Crippen LogP contribution in [0.2, 0.25) is 0 Å². The Morgan fingerprint density at radius 1 is 0.621 bits per heavy atom. The molecule has 0 fully saturated rings. The fourth-order valence-electron chi connectivity index (χ4n) is 3.74. The Balaban J connectivity index is 1.81. The molecule has 4 N–H and O–H groups in total. The van der Waals surface area contributed by atoms with Crippen LogP contribution in [0, 0.1) is 0 Å². The summed E-state index contributed by atoms with van der Waals surface area (Å²) in [6, 6.07) is 4.54. The predicted molar refractivity (Wildman–Crippen MR) is 135 cm³/mol. The lowest BCUT2D eigenvalue weighted by Crippen LogP contribution is -1.94. The topological polar surface area (TPSA) is 52.0 Å². The number of thiophene rings is 3. The maximum absolute atomic E-state index is 6.53. The highest BCUT2D eigenvalue weighted by Crippen LogP contribution is 2.50. The third-order valence-electron chi connectivity index (χ3n) is 5.49. The summed E-state index contributed by atoms with van der Waals surface area (Å²) < 4.78 is 0. The summed E-state index contributed by atoms with van der Waals surface area (Å²) in [5.41, 5.74) is 17.5. The highest BCUT2D eigenvalue weighted by Gasteiger charge is 2.21. The molecule has 0 unspecified atom stereocenters. The summed E-state index contributed by atoms with van der Waals surface area (Å²) in [5.74, 6) is 0. The second kappa shape index (κ2) is 11.2. The molecule has 0 aliphatic carbocycles. The highest BCUT2D eigenvalue weighted by molar-refractivity contribution is 7.27. The summed E-state index contributed by atoms with van der Waals surface area (Å²) in [6.45, 7) is 4.52. The first-order valence-electron chi connectivity index (χ1n) is 11.0. The van der Waals surface area contributed by atoms with Gasteiger partial charge >= 0.3 is 0 Å². The van der Waals surface area contributed by atoms with Gasteiger partial charge in [-0.3, -0.25) is 0 Å². The molecule has 0 aromatic carbocycles. The third-order valence-corrected chi connectivity index (χ3v) is 8.95. The van der Waals surface area contributed by atoms with Crippen LogP contribution in [0.5, 0.6) is 0 Å². The van der Waals surface area contributed by atoms with Gasteiger partial charge in [0, 0.05) is 9.75 Å². The molecule has 158 valence electrons. The maximum Gasteiger partial charge on any atom is 0.0752 e. The van der Waals surface area contributed by atoms with Crippen LogP contribution in [-0.2, 0) is 12.8 Å². The average molecular weight is 447 g/mol. The molecule has 0 saturated carbocycles. The van der Waals surface area contributed by atoms with Crippen molar-refractivity contribution in [3.05, 3.63) is 34.0 Å². The van der Waals surface area contributed by atoms with Crippen molar-refractivity contribution in [3.63, 3.8) is 0 Å². The summed E-state index contributed by atoms with van der Waals surface area (Å²) in [4.78, 5) is 4.98. The largest absolute Gasteiger partial charge is 0.396 e. The Hall–Kier alpha value is -1.30. The molecule has 3 rings (SSSR count).